The number of aromatic nitrogens is 3. The molecule has 0 saturated carbocycles. The number of nitrogens with one attached hydrogen (secondary N) is 2. The highest BCUT2D eigenvalue weighted by Gasteiger charge is 2.28. The van der Waals surface area contributed by atoms with Crippen LogP contribution in [0.4, 0.5) is 24.8 Å². The second-order valence-electron chi connectivity index (χ2n) is 7.67. The minimum Gasteiger partial charge on any atom is -0.368 e. The standard InChI is InChI=1S/C22H17F3N6O2S2/c23-11-4-5-13(24)17(10-11)35(32,33)31-14-3-1-2-12(18(14)25)19-20(15-6-9-28-22(26)29-15)34-21(30-19)16-7-8-27-16/h1-6,9-10,16,27,31H,7-8H2,(H2,26,28,29). The molecular weight excluding hydrogens is 501 g/mol. The van der Waals surface area contributed by atoms with Crippen molar-refractivity contribution < 1.29 is 21.6 Å². The van der Waals surface area contributed by atoms with Crippen LogP contribution >= 0.6 is 11.3 Å². The van der Waals surface area contributed by atoms with Crippen LogP contribution in [0, 0.1) is 17.5 Å². The Kier molecular flexibility index (Phi) is 5.91. The summed E-state index contributed by atoms with van der Waals surface area (Å²) in [5.41, 5.74) is 5.96. The Labute approximate surface area is 202 Å². The molecule has 1 unspecified atom stereocenters. The molecule has 180 valence electrons. The largest absolute Gasteiger partial charge is 0.368 e. The molecule has 1 atom stereocenters. The second kappa shape index (κ2) is 8.91. The van der Waals surface area contributed by atoms with Crippen molar-refractivity contribution >= 4 is 33.0 Å². The molecule has 5 rings (SSSR count). The van der Waals surface area contributed by atoms with Crippen LogP contribution in [0.25, 0.3) is 21.8 Å². The van der Waals surface area contributed by atoms with Crippen LogP contribution in [-0.2, 0) is 10.0 Å². The van der Waals surface area contributed by atoms with Gasteiger partial charge in [-0.2, -0.15) is 0 Å². The maximum atomic E-state index is 15.7. The first kappa shape index (κ1) is 23.2. The molecule has 3 heterocycles. The van der Waals surface area contributed by atoms with E-state index in [1.165, 1.54) is 35.7 Å². The minimum atomic E-state index is -4.63. The van der Waals surface area contributed by atoms with Gasteiger partial charge in [-0.15, -0.1) is 11.3 Å². The van der Waals surface area contributed by atoms with Crippen LogP contribution in [-0.4, -0.2) is 29.9 Å². The Morgan fingerprint density at radius 1 is 1.11 bits per heavy atom. The molecule has 1 fully saturated rings. The summed E-state index contributed by atoms with van der Waals surface area (Å²) >= 11 is 1.31. The number of rotatable bonds is 6. The summed E-state index contributed by atoms with van der Waals surface area (Å²) in [6.07, 6.45) is 2.33. The molecule has 35 heavy (non-hydrogen) atoms. The van der Waals surface area contributed by atoms with Crippen LogP contribution in [0.2, 0.25) is 0 Å². The highest BCUT2D eigenvalue weighted by atomic mass is 32.2. The SMILES string of the molecule is Nc1nccc(-c2sc(C3CCN3)nc2-c2cccc(NS(=O)(=O)c3cc(F)ccc3F)c2F)n1. The summed E-state index contributed by atoms with van der Waals surface area (Å²) < 4.78 is 70.7. The summed E-state index contributed by atoms with van der Waals surface area (Å²) in [6, 6.07) is 7.66. The van der Waals surface area contributed by atoms with E-state index in [1.54, 1.807) is 6.07 Å². The number of nitrogens with two attached hydrogens (primary N) is 1. The van der Waals surface area contributed by atoms with Crippen molar-refractivity contribution in [3.8, 4) is 21.8 Å². The predicted molar refractivity (Wildman–Crippen MR) is 125 cm³/mol. The Morgan fingerprint density at radius 3 is 2.63 bits per heavy atom. The van der Waals surface area contributed by atoms with Gasteiger partial charge in [-0.05, 0) is 49.4 Å². The van der Waals surface area contributed by atoms with Crippen LogP contribution in [0.15, 0.2) is 53.6 Å². The molecular formula is C22H17F3N6O2S2. The first-order valence-corrected chi connectivity index (χ1v) is 12.6. The topological polar surface area (TPSA) is 123 Å². The average molecular weight is 519 g/mol. The van der Waals surface area contributed by atoms with Crippen molar-refractivity contribution in [3.05, 3.63) is 71.1 Å². The summed E-state index contributed by atoms with van der Waals surface area (Å²) in [7, 11) is -4.63. The first-order valence-electron chi connectivity index (χ1n) is 10.3. The van der Waals surface area contributed by atoms with Gasteiger partial charge in [-0.25, -0.2) is 36.5 Å². The quantitative estimate of drug-likeness (QED) is 0.351. The number of nitrogen functional groups attached to an aromatic ring is 1. The normalized spacial score (nSPS) is 15.6. The smallest absolute Gasteiger partial charge is 0.265 e. The highest BCUT2D eigenvalue weighted by molar-refractivity contribution is 7.92. The average Bonchev–Trinajstić information content (AvgIpc) is 3.20. The van der Waals surface area contributed by atoms with E-state index in [4.69, 9.17) is 5.73 Å². The van der Waals surface area contributed by atoms with Crippen molar-refractivity contribution in [2.45, 2.75) is 17.4 Å². The molecule has 1 aliphatic rings. The molecule has 0 amide bonds. The van der Waals surface area contributed by atoms with Crippen LogP contribution in [0.5, 0.6) is 0 Å². The molecule has 2 aromatic carbocycles. The van der Waals surface area contributed by atoms with Crippen molar-refractivity contribution in [2.75, 3.05) is 17.0 Å². The molecule has 0 aliphatic carbocycles. The molecule has 0 radical (unpaired) electrons. The van der Waals surface area contributed by atoms with Gasteiger partial charge in [0.1, 0.15) is 21.5 Å². The number of hydrogen-bond donors (Lipinski definition) is 3. The molecule has 8 nitrogen and oxygen atoms in total. The van der Waals surface area contributed by atoms with Gasteiger partial charge in [0, 0.05) is 11.8 Å². The monoisotopic (exact) mass is 518 g/mol. The number of benzene rings is 2. The molecule has 1 aliphatic heterocycles. The van der Waals surface area contributed by atoms with Gasteiger partial charge < -0.3 is 11.1 Å². The van der Waals surface area contributed by atoms with E-state index in [2.05, 4.69) is 20.3 Å². The summed E-state index contributed by atoms with van der Waals surface area (Å²) in [4.78, 5) is 12.3. The fourth-order valence-electron chi connectivity index (χ4n) is 3.52. The van der Waals surface area contributed by atoms with Crippen molar-refractivity contribution in [1.82, 2.24) is 20.3 Å². The van der Waals surface area contributed by atoms with E-state index in [9.17, 15) is 17.2 Å². The van der Waals surface area contributed by atoms with Crippen LogP contribution < -0.4 is 15.8 Å². The molecule has 13 heteroatoms. The zero-order valence-electron chi connectivity index (χ0n) is 17.8. The van der Waals surface area contributed by atoms with Gasteiger partial charge >= 0.3 is 0 Å². The molecule has 4 N–H and O–H groups in total. The number of hydrogen-bond acceptors (Lipinski definition) is 8. The second-order valence-corrected chi connectivity index (χ2v) is 10.4. The lowest BCUT2D eigenvalue weighted by atomic mass is 10.1. The van der Waals surface area contributed by atoms with Gasteiger partial charge in [-0.1, -0.05) is 6.07 Å². The summed E-state index contributed by atoms with van der Waals surface area (Å²) in [5, 5.41) is 3.95. The third-order valence-corrected chi connectivity index (χ3v) is 7.93. The highest BCUT2D eigenvalue weighted by Crippen LogP contribution is 2.41. The van der Waals surface area contributed by atoms with E-state index in [0.717, 1.165) is 19.0 Å². The minimum absolute atomic E-state index is 0.000999. The third kappa shape index (κ3) is 4.45. The molecule has 2 aromatic heterocycles. The van der Waals surface area contributed by atoms with E-state index in [1.807, 2.05) is 4.72 Å². The third-order valence-electron chi connectivity index (χ3n) is 5.35. The summed E-state index contributed by atoms with van der Waals surface area (Å²) in [6.45, 7) is 0.831. The van der Waals surface area contributed by atoms with Gasteiger partial charge in [0.2, 0.25) is 5.95 Å². The van der Waals surface area contributed by atoms with Gasteiger partial charge in [0.15, 0.2) is 5.82 Å². The Morgan fingerprint density at radius 2 is 1.91 bits per heavy atom. The van der Waals surface area contributed by atoms with Crippen molar-refractivity contribution in [3.63, 3.8) is 0 Å². The Bertz CT molecular complexity index is 1540. The van der Waals surface area contributed by atoms with Crippen molar-refractivity contribution in [2.24, 2.45) is 0 Å². The number of sulfonamides is 1. The lowest BCUT2D eigenvalue weighted by molar-refractivity contribution is 0.382. The zero-order valence-corrected chi connectivity index (χ0v) is 19.4. The van der Waals surface area contributed by atoms with Crippen molar-refractivity contribution in [1.29, 1.82) is 0 Å². The number of nitrogens with zero attached hydrogens (tertiary/aromatic N) is 3. The van der Waals surface area contributed by atoms with Crippen LogP contribution in [0.3, 0.4) is 0 Å². The van der Waals surface area contributed by atoms with Gasteiger partial charge in [-0.3, -0.25) is 4.72 Å². The van der Waals surface area contributed by atoms with E-state index in [0.29, 0.717) is 27.7 Å². The fraction of sp³-hybridized carbons (Fsp3) is 0.136. The lowest BCUT2D eigenvalue weighted by Crippen LogP contribution is -2.34. The van der Waals surface area contributed by atoms with Gasteiger partial charge in [0.25, 0.3) is 10.0 Å². The van der Waals surface area contributed by atoms with E-state index in [-0.39, 0.29) is 23.2 Å². The Hall–Kier alpha value is -3.55. The molecule has 1 saturated heterocycles. The fourth-order valence-corrected chi connectivity index (χ4v) is 5.83. The van der Waals surface area contributed by atoms with E-state index >= 15 is 4.39 Å². The molecule has 0 bridgehead atoms. The number of anilines is 2. The molecule has 0 spiro atoms. The van der Waals surface area contributed by atoms with Crippen LogP contribution in [0.1, 0.15) is 17.5 Å². The zero-order chi connectivity index (χ0) is 24.7. The first-order chi connectivity index (χ1) is 16.7. The summed E-state index contributed by atoms with van der Waals surface area (Å²) in [5.74, 6) is -3.02. The number of thiazole rings is 1. The Balaban J connectivity index is 1.59. The maximum Gasteiger partial charge on any atom is 0.265 e. The number of halogens is 3. The maximum absolute atomic E-state index is 15.7. The van der Waals surface area contributed by atoms with E-state index < -0.39 is 38.1 Å². The van der Waals surface area contributed by atoms with Gasteiger partial charge in [0.05, 0.1) is 28.0 Å². The predicted octanol–water partition coefficient (Wildman–Crippen LogP) is 4.10. The lowest BCUT2D eigenvalue weighted by Gasteiger charge is -2.25. The molecule has 4 aromatic rings.